The quantitative estimate of drug-likeness (QED) is 0.523. The first-order valence-corrected chi connectivity index (χ1v) is 8.35. The molecule has 0 aliphatic rings. The van der Waals surface area contributed by atoms with Crippen LogP contribution in [0.4, 0.5) is 0 Å². The molecule has 1 atom stereocenters. The van der Waals surface area contributed by atoms with Crippen LogP contribution in [0.5, 0.6) is 0 Å². The maximum absolute atomic E-state index is 12.6. The Morgan fingerprint density at radius 2 is 1.62 bits per heavy atom. The minimum absolute atomic E-state index is 0.407. The van der Waals surface area contributed by atoms with Gasteiger partial charge in [0.05, 0.1) is 11.1 Å². The van der Waals surface area contributed by atoms with Gasteiger partial charge in [-0.2, -0.15) is 0 Å². The number of benzene rings is 3. The van der Waals surface area contributed by atoms with Crippen LogP contribution in [0.15, 0.2) is 78.9 Å². The molecule has 0 saturated heterocycles. The maximum atomic E-state index is 12.6. The highest BCUT2D eigenvalue weighted by Gasteiger charge is 2.22. The molecule has 4 aromatic rings. The van der Waals surface area contributed by atoms with Gasteiger partial charge in [-0.3, -0.25) is 0 Å². The molecule has 1 heterocycles. The fourth-order valence-corrected chi connectivity index (χ4v) is 2.79. The zero-order chi connectivity index (χ0) is 17.9. The van der Waals surface area contributed by atoms with E-state index in [4.69, 9.17) is 4.74 Å². The van der Waals surface area contributed by atoms with Crippen molar-refractivity contribution in [3.8, 4) is 0 Å². The number of hydrogen-bond donors (Lipinski definition) is 0. The fourth-order valence-electron chi connectivity index (χ4n) is 2.79. The van der Waals surface area contributed by atoms with Gasteiger partial charge in [0.15, 0.2) is 0 Å². The molecular weight excluding hydrogens is 326 g/mol. The Hall–Kier alpha value is -3.47. The van der Waals surface area contributed by atoms with Crippen LogP contribution in [0.3, 0.4) is 0 Å². The van der Waals surface area contributed by atoms with Crippen molar-refractivity contribution in [3.63, 3.8) is 0 Å². The van der Waals surface area contributed by atoms with Crippen LogP contribution in [0.2, 0.25) is 0 Å². The third-order valence-corrected chi connectivity index (χ3v) is 4.19. The zero-order valence-electron chi connectivity index (χ0n) is 14.2. The molecule has 0 amide bonds. The second-order valence-electron chi connectivity index (χ2n) is 6.06. The average Bonchev–Trinajstić information content (AvgIpc) is 3.11. The van der Waals surface area contributed by atoms with Crippen LogP contribution in [-0.2, 0) is 4.74 Å². The van der Waals surface area contributed by atoms with E-state index in [-0.39, 0.29) is 0 Å². The van der Waals surface area contributed by atoms with Crippen LogP contribution in [0.25, 0.3) is 11.0 Å². The Morgan fingerprint density at radius 3 is 2.38 bits per heavy atom. The number of carbonyl (C=O) groups excluding carboxylic acids is 1. The predicted molar refractivity (Wildman–Crippen MR) is 98.7 cm³/mol. The van der Waals surface area contributed by atoms with Gasteiger partial charge in [0.1, 0.15) is 5.52 Å². The molecule has 0 N–H and O–H groups in total. The largest absolute Gasteiger partial charge is 0.432 e. The zero-order valence-corrected chi connectivity index (χ0v) is 14.2. The molecule has 0 saturated carbocycles. The molecule has 0 aliphatic carbocycles. The van der Waals surface area contributed by atoms with E-state index in [0.717, 1.165) is 22.2 Å². The van der Waals surface area contributed by atoms with Crippen molar-refractivity contribution in [2.75, 3.05) is 0 Å². The Morgan fingerprint density at radius 1 is 0.923 bits per heavy atom. The summed E-state index contributed by atoms with van der Waals surface area (Å²) in [5.41, 5.74) is 4.01. The van der Waals surface area contributed by atoms with E-state index in [0.29, 0.717) is 5.56 Å². The van der Waals surface area contributed by atoms with E-state index in [1.165, 1.54) is 0 Å². The van der Waals surface area contributed by atoms with Crippen LogP contribution >= 0.6 is 0 Å². The topological polar surface area (TPSA) is 57.0 Å². The van der Waals surface area contributed by atoms with E-state index >= 15 is 0 Å². The SMILES string of the molecule is Cc1ccc(C(OC(=O)c2ccccc2)n2nnc3ccccc32)cc1. The first-order chi connectivity index (χ1) is 12.7. The minimum atomic E-state index is -0.698. The number of aryl methyl sites for hydroxylation is 1. The summed E-state index contributed by atoms with van der Waals surface area (Å²) in [4.78, 5) is 12.6. The van der Waals surface area contributed by atoms with E-state index in [9.17, 15) is 4.79 Å². The number of nitrogens with zero attached hydrogens (tertiary/aromatic N) is 3. The van der Waals surface area contributed by atoms with Crippen molar-refractivity contribution >= 4 is 17.0 Å². The monoisotopic (exact) mass is 343 g/mol. The lowest BCUT2D eigenvalue weighted by atomic mass is 10.1. The number of rotatable bonds is 4. The van der Waals surface area contributed by atoms with Crippen LogP contribution < -0.4 is 0 Å². The summed E-state index contributed by atoms with van der Waals surface area (Å²) < 4.78 is 7.48. The summed E-state index contributed by atoms with van der Waals surface area (Å²) in [7, 11) is 0. The van der Waals surface area contributed by atoms with Crippen LogP contribution in [-0.4, -0.2) is 21.0 Å². The van der Waals surface area contributed by atoms with Crippen molar-refractivity contribution in [2.45, 2.75) is 13.2 Å². The van der Waals surface area contributed by atoms with Gasteiger partial charge in [-0.1, -0.05) is 65.4 Å². The fraction of sp³-hybridized carbons (Fsp3) is 0.0952. The molecule has 128 valence electrons. The molecule has 26 heavy (non-hydrogen) atoms. The maximum Gasteiger partial charge on any atom is 0.340 e. The van der Waals surface area contributed by atoms with Gasteiger partial charge in [-0.25, -0.2) is 9.48 Å². The molecule has 0 radical (unpaired) electrons. The molecular formula is C21H17N3O2. The summed E-state index contributed by atoms with van der Waals surface area (Å²) >= 11 is 0. The molecule has 4 rings (SSSR count). The number of esters is 1. The smallest absolute Gasteiger partial charge is 0.340 e. The van der Waals surface area contributed by atoms with Gasteiger partial charge < -0.3 is 4.74 Å². The van der Waals surface area contributed by atoms with E-state index in [1.54, 1.807) is 16.8 Å². The van der Waals surface area contributed by atoms with Crippen LogP contribution in [0, 0.1) is 6.92 Å². The van der Waals surface area contributed by atoms with Crippen molar-refractivity contribution in [2.24, 2.45) is 0 Å². The van der Waals surface area contributed by atoms with Crippen molar-refractivity contribution < 1.29 is 9.53 Å². The van der Waals surface area contributed by atoms with Crippen molar-refractivity contribution in [1.82, 2.24) is 15.0 Å². The lowest BCUT2D eigenvalue weighted by molar-refractivity contribution is 0.0196. The average molecular weight is 343 g/mol. The molecule has 1 aromatic heterocycles. The third-order valence-electron chi connectivity index (χ3n) is 4.19. The Bertz CT molecular complexity index is 1040. The third kappa shape index (κ3) is 3.07. The van der Waals surface area contributed by atoms with Gasteiger partial charge in [-0.15, -0.1) is 5.10 Å². The van der Waals surface area contributed by atoms with Crippen molar-refractivity contribution in [1.29, 1.82) is 0 Å². The number of para-hydroxylation sites is 1. The normalized spacial score (nSPS) is 12.0. The van der Waals surface area contributed by atoms with Gasteiger partial charge in [-0.05, 0) is 31.2 Å². The lowest BCUT2D eigenvalue weighted by Gasteiger charge is -2.19. The molecule has 5 heteroatoms. The second kappa shape index (κ2) is 6.80. The molecule has 0 spiro atoms. The number of fused-ring (bicyclic) bond motifs is 1. The highest BCUT2D eigenvalue weighted by molar-refractivity contribution is 5.89. The van der Waals surface area contributed by atoms with Crippen LogP contribution in [0.1, 0.15) is 27.7 Å². The van der Waals surface area contributed by atoms with Gasteiger partial charge >= 0.3 is 5.97 Å². The Labute approximate surface area is 150 Å². The summed E-state index contributed by atoms with van der Waals surface area (Å²) in [6, 6.07) is 24.4. The summed E-state index contributed by atoms with van der Waals surface area (Å²) in [5, 5.41) is 8.41. The first kappa shape index (κ1) is 16.0. The Kier molecular flexibility index (Phi) is 4.19. The molecule has 3 aromatic carbocycles. The molecule has 0 aliphatic heterocycles. The second-order valence-corrected chi connectivity index (χ2v) is 6.06. The summed E-state index contributed by atoms with van der Waals surface area (Å²) in [6.45, 7) is 2.01. The summed E-state index contributed by atoms with van der Waals surface area (Å²) in [5.74, 6) is -0.407. The standard InChI is InChI=1S/C21H17N3O2/c1-15-11-13-16(14-12-15)20(26-21(25)17-7-3-2-4-8-17)24-19-10-6-5-9-18(19)22-23-24/h2-14,20H,1H3. The Balaban J connectivity index is 1.77. The molecule has 1 unspecified atom stereocenters. The summed E-state index contributed by atoms with van der Waals surface area (Å²) in [6.07, 6.45) is -0.698. The predicted octanol–water partition coefficient (Wildman–Crippen LogP) is 4.14. The highest BCUT2D eigenvalue weighted by atomic mass is 16.6. The lowest BCUT2D eigenvalue weighted by Crippen LogP contribution is -2.20. The number of hydrogen-bond acceptors (Lipinski definition) is 4. The number of aromatic nitrogens is 3. The van der Waals surface area contributed by atoms with E-state index in [1.807, 2.05) is 73.7 Å². The van der Waals surface area contributed by atoms with E-state index in [2.05, 4.69) is 10.3 Å². The molecule has 0 bridgehead atoms. The number of carbonyl (C=O) groups is 1. The van der Waals surface area contributed by atoms with E-state index < -0.39 is 12.2 Å². The van der Waals surface area contributed by atoms with Crippen molar-refractivity contribution in [3.05, 3.63) is 95.6 Å². The number of ether oxygens (including phenoxy) is 1. The molecule has 0 fully saturated rings. The highest BCUT2D eigenvalue weighted by Crippen LogP contribution is 2.25. The van der Waals surface area contributed by atoms with Gasteiger partial charge in [0.25, 0.3) is 0 Å². The minimum Gasteiger partial charge on any atom is -0.432 e. The van der Waals surface area contributed by atoms with Gasteiger partial charge in [0, 0.05) is 5.56 Å². The molecule has 5 nitrogen and oxygen atoms in total. The van der Waals surface area contributed by atoms with Gasteiger partial charge in [0.2, 0.25) is 6.23 Å². The first-order valence-electron chi connectivity index (χ1n) is 8.35.